The molecule has 3 aromatic rings. The minimum Gasteiger partial charge on any atom is -0.352 e. The summed E-state index contributed by atoms with van der Waals surface area (Å²) in [6.07, 6.45) is 7.14. The fourth-order valence-electron chi connectivity index (χ4n) is 2.83. The topological polar surface area (TPSA) is 84.9 Å². The molecule has 0 bridgehead atoms. The van der Waals surface area contributed by atoms with Gasteiger partial charge in [-0.3, -0.25) is 14.2 Å². The van der Waals surface area contributed by atoms with E-state index in [1.807, 2.05) is 41.5 Å². The Bertz CT molecular complexity index is 898. The van der Waals surface area contributed by atoms with Crippen LogP contribution in [0.15, 0.2) is 42.0 Å². The first-order valence-electron chi connectivity index (χ1n) is 8.46. The molecule has 0 spiro atoms. The van der Waals surface area contributed by atoms with Gasteiger partial charge in [0.1, 0.15) is 12.1 Å². The van der Waals surface area contributed by atoms with Crippen LogP contribution in [0.5, 0.6) is 0 Å². The van der Waals surface area contributed by atoms with Gasteiger partial charge in [0.25, 0.3) is 0 Å². The molecule has 3 rings (SSSR count). The molecule has 3 aromatic heterocycles. The van der Waals surface area contributed by atoms with Crippen molar-refractivity contribution in [3.8, 4) is 5.82 Å². The van der Waals surface area contributed by atoms with Gasteiger partial charge in [0.15, 0.2) is 5.96 Å². The van der Waals surface area contributed by atoms with Gasteiger partial charge in [-0.15, -0.1) is 24.0 Å². The summed E-state index contributed by atoms with van der Waals surface area (Å²) in [5, 5.41) is 11.1. The van der Waals surface area contributed by atoms with E-state index in [4.69, 9.17) is 0 Å². The molecule has 0 radical (unpaired) electrons. The summed E-state index contributed by atoms with van der Waals surface area (Å²) in [7, 11) is 3.72. The highest BCUT2D eigenvalue weighted by atomic mass is 127. The van der Waals surface area contributed by atoms with Crippen LogP contribution in [0.2, 0.25) is 0 Å². The predicted octanol–water partition coefficient (Wildman–Crippen LogP) is 2.10. The van der Waals surface area contributed by atoms with E-state index in [0.717, 1.165) is 28.7 Å². The normalized spacial score (nSPS) is 11.2. The number of hydrogen-bond donors (Lipinski definition) is 2. The van der Waals surface area contributed by atoms with Crippen molar-refractivity contribution < 1.29 is 0 Å². The van der Waals surface area contributed by atoms with Crippen LogP contribution in [0.3, 0.4) is 0 Å². The minimum absolute atomic E-state index is 0. The number of hydrogen-bond acceptors (Lipinski definition) is 4. The number of nitrogens with zero attached hydrogens (tertiary/aromatic N) is 6. The molecule has 3 heterocycles. The average molecular weight is 480 g/mol. The van der Waals surface area contributed by atoms with Crippen LogP contribution < -0.4 is 10.6 Å². The largest absolute Gasteiger partial charge is 0.352 e. The molecule has 2 N–H and O–H groups in total. The fourth-order valence-corrected chi connectivity index (χ4v) is 2.83. The fraction of sp³-hybridized carbons (Fsp3) is 0.333. The molecule has 27 heavy (non-hydrogen) atoms. The lowest BCUT2D eigenvalue weighted by Crippen LogP contribution is -2.36. The lowest BCUT2D eigenvalue weighted by atomic mass is 10.2. The Morgan fingerprint density at radius 2 is 1.96 bits per heavy atom. The average Bonchev–Trinajstić information content (AvgIpc) is 3.26. The van der Waals surface area contributed by atoms with Gasteiger partial charge >= 0.3 is 0 Å². The van der Waals surface area contributed by atoms with Crippen molar-refractivity contribution in [3.05, 3.63) is 59.6 Å². The number of aromatic nitrogens is 5. The first kappa shape index (κ1) is 20.9. The van der Waals surface area contributed by atoms with Gasteiger partial charge in [-0.2, -0.15) is 5.10 Å². The van der Waals surface area contributed by atoms with E-state index in [1.54, 1.807) is 25.8 Å². The van der Waals surface area contributed by atoms with Gasteiger partial charge in [-0.1, -0.05) is 6.07 Å². The van der Waals surface area contributed by atoms with Crippen molar-refractivity contribution >= 4 is 29.9 Å². The van der Waals surface area contributed by atoms with Gasteiger partial charge < -0.3 is 10.6 Å². The van der Waals surface area contributed by atoms with Crippen molar-refractivity contribution in [2.45, 2.75) is 26.9 Å². The van der Waals surface area contributed by atoms with E-state index in [-0.39, 0.29) is 24.0 Å². The highest BCUT2D eigenvalue weighted by molar-refractivity contribution is 14.0. The monoisotopic (exact) mass is 480 g/mol. The Hall–Kier alpha value is -2.43. The first-order valence-corrected chi connectivity index (χ1v) is 8.46. The Balaban J connectivity index is 0.00000261. The van der Waals surface area contributed by atoms with Crippen molar-refractivity contribution in [1.82, 2.24) is 34.9 Å². The van der Waals surface area contributed by atoms with Gasteiger partial charge in [0.2, 0.25) is 0 Å². The summed E-state index contributed by atoms with van der Waals surface area (Å²) in [4.78, 5) is 12.9. The lowest BCUT2D eigenvalue weighted by Gasteiger charge is -2.14. The molecule has 0 aliphatic rings. The first-order chi connectivity index (χ1) is 12.6. The zero-order chi connectivity index (χ0) is 18.5. The molecular formula is C18H25IN8. The maximum atomic E-state index is 4.46. The second kappa shape index (κ2) is 9.49. The highest BCUT2D eigenvalue weighted by Gasteiger charge is 2.10. The molecule has 144 valence electrons. The van der Waals surface area contributed by atoms with Gasteiger partial charge in [-0.05, 0) is 19.9 Å². The van der Waals surface area contributed by atoms with Crippen LogP contribution >= 0.6 is 24.0 Å². The van der Waals surface area contributed by atoms with E-state index >= 15 is 0 Å². The molecule has 0 saturated carbocycles. The summed E-state index contributed by atoms with van der Waals surface area (Å²) in [6.45, 7) is 5.37. The molecule has 0 atom stereocenters. The zero-order valence-corrected chi connectivity index (χ0v) is 18.3. The van der Waals surface area contributed by atoms with Gasteiger partial charge in [0.05, 0.1) is 5.69 Å². The number of nitrogens with one attached hydrogen (secondary N) is 2. The number of aliphatic imine (C=N–C) groups is 1. The van der Waals surface area contributed by atoms with E-state index in [9.17, 15) is 0 Å². The molecule has 0 aliphatic carbocycles. The summed E-state index contributed by atoms with van der Waals surface area (Å²) < 4.78 is 3.80. The van der Waals surface area contributed by atoms with Crippen LogP contribution in [-0.2, 0) is 20.1 Å². The summed E-state index contributed by atoms with van der Waals surface area (Å²) in [5.41, 5.74) is 4.43. The minimum atomic E-state index is 0. The van der Waals surface area contributed by atoms with E-state index < -0.39 is 0 Å². The second-order valence-electron chi connectivity index (χ2n) is 6.01. The van der Waals surface area contributed by atoms with Crippen LogP contribution in [0, 0.1) is 13.8 Å². The Kier molecular flexibility index (Phi) is 7.34. The second-order valence-corrected chi connectivity index (χ2v) is 6.01. The summed E-state index contributed by atoms with van der Waals surface area (Å²) in [5.74, 6) is 1.58. The molecule has 0 saturated heterocycles. The van der Waals surface area contributed by atoms with Crippen LogP contribution in [0.1, 0.15) is 22.5 Å². The Morgan fingerprint density at radius 3 is 2.59 bits per heavy atom. The number of halogens is 1. The lowest BCUT2D eigenvalue weighted by molar-refractivity contribution is 0.728. The van der Waals surface area contributed by atoms with Crippen LogP contribution in [0.25, 0.3) is 5.82 Å². The van der Waals surface area contributed by atoms with E-state index in [1.165, 1.54) is 5.56 Å². The Labute approximate surface area is 176 Å². The van der Waals surface area contributed by atoms with Crippen LogP contribution in [-0.4, -0.2) is 37.3 Å². The maximum absolute atomic E-state index is 4.46. The number of rotatable bonds is 5. The summed E-state index contributed by atoms with van der Waals surface area (Å²) in [6, 6.07) is 3.97. The number of imidazole rings is 1. The third-order valence-electron chi connectivity index (χ3n) is 4.38. The standard InChI is InChI=1S/C18H24N8.HI/c1-13-16(14(2)25(4)24-13)11-23-18(19-3)22-10-15-6-5-7-21-17(15)26-9-8-20-12-26;/h5-9,12H,10-11H2,1-4H3,(H2,19,22,23);1H. The third kappa shape index (κ3) is 4.85. The zero-order valence-electron chi connectivity index (χ0n) is 16.0. The van der Waals surface area contributed by atoms with Crippen molar-refractivity contribution in [2.24, 2.45) is 12.0 Å². The molecule has 0 fully saturated rings. The summed E-state index contributed by atoms with van der Waals surface area (Å²) >= 11 is 0. The number of aryl methyl sites for hydroxylation is 2. The highest BCUT2D eigenvalue weighted by Crippen LogP contribution is 2.12. The predicted molar refractivity (Wildman–Crippen MR) is 116 cm³/mol. The number of pyridine rings is 1. The molecule has 9 heteroatoms. The molecule has 0 aromatic carbocycles. The van der Waals surface area contributed by atoms with E-state index in [2.05, 4.69) is 37.6 Å². The Morgan fingerprint density at radius 1 is 1.19 bits per heavy atom. The van der Waals surface area contributed by atoms with Crippen molar-refractivity contribution in [2.75, 3.05) is 7.05 Å². The molecule has 8 nitrogen and oxygen atoms in total. The quantitative estimate of drug-likeness (QED) is 0.332. The molecule has 0 unspecified atom stereocenters. The van der Waals surface area contributed by atoms with Gasteiger partial charge in [0, 0.05) is 62.6 Å². The SMILES string of the molecule is CN=C(NCc1cccnc1-n1ccnc1)NCc1c(C)nn(C)c1C.I. The molecule has 0 aliphatic heterocycles. The van der Waals surface area contributed by atoms with Crippen LogP contribution in [0.4, 0.5) is 0 Å². The van der Waals surface area contributed by atoms with Crippen molar-refractivity contribution in [3.63, 3.8) is 0 Å². The third-order valence-corrected chi connectivity index (χ3v) is 4.38. The number of guanidine groups is 1. The van der Waals surface area contributed by atoms with Gasteiger partial charge in [-0.25, -0.2) is 9.97 Å². The van der Waals surface area contributed by atoms with Crippen molar-refractivity contribution in [1.29, 1.82) is 0 Å². The van der Waals surface area contributed by atoms with E-state index in [0.29, 0.717) is 13.1 Å². The molecule has 0 amide bonds. The maximum Gasteiger partial charge on any atom is 0.191 e. The smallest absolute Gasteiger partial charge is 0.191 e. The molecular weight excluding hydrogens is 455 g/mol.